The van der Waals surface area contributed by atoms with Gasteiger partial charge in [0.15, 0.2) is 6.10 Å². The molecule has 1 aliphatic heterocycles. The summed E-state index contributed by atoms with van der Waals surface area (Å²) < 4.78 is 29.5. The first-order valence-electron chi connectivity index (χ1n) is 14.4. The first-order chi connectivity index (χ1) is 21.8. The van der Waals surface area contributed by atoms with Gasteiger partial charge in [-0.05, 0) is 42.3 Å². The zero-order chi connectivity index (χ0) is 31.6. The molecule has 1 heterocycles. The Bertz CT molecular complexity index is 1520. The van der Waals surface area contributed by atoms with Crippen LogP contribution in [-0.2, 0) is 36.9 Å². The number of ether oxygens (including phenoxy) is 5. The van der Waals surface area contributed by atoms with Gasteiger partial charge in [-0.1, -0.05) is 132 Å². The van der Waals surface area contributed by atoms with Crippen molar-refractivity contribution in [2.24, 2.45) is 4.99 Å². The lowest BCUT2D eigenvalue weighted by Crippen LogP contribution is -2.61. The Kier molecular flexibility index (Phi) is 11.5. The molecule has 4 aromatic rings. The standard InChI is InChI=1S/C35H32Cl3NO6/c1-24-29(44-32(40)27-18-10-4-11-19-27)30(41-22-25-14-6-2-7-15-25)31(42-23-26-16-8-3-9-17-26)33(43-24)45-34(35(36,37)38)39-28-20-12-5-13-21-28/h2-21,24,29-31,33H,22-23H2,1H3/t24-,29+,30+,31-,33-/m0/s1. The lowest BCUT2D eigenvalue weighted by Gasteiger charge is -2.44. The molecule has 0 bridgehead atoms. The summed E-state index contributed by atoms with van der Waals surface area (Å²) in [7, 11) is 0. The van der Waals surface area contributed by atoms with Gasteiger partial charge in [-0.2, -0.15) is 0 Å². The molecule has 45 heavy (non-hydrogen) atoms. The van der Waals surface area contributed by atoms with E-state index in [-0.39, 0.29) is 19.1 Å². The monoisotopic (exact) mass is 667 g/mol. The number of rotatable bonds is 10. The number of carbonyl (C=O) groups is 1. The summed E-state index contributed by atoms with van der Waals surface area (Å²) in [4.78, 5) is 17.7. The van der Waals surface area contributed by atoms with E-state index in [1.54, 1.807) is 55.5 Å². The minimum atomic E-state index is -2.04. The van der Waals surface area contributed by atoms with Crippen molar-refractivity contribution in [1.29, 1.82) is 0 Å². The first-order valence-corrected chi connectivity index (χ1v) is 15.5. The topological polar surface area (TPSA) is 75.6 Å². The molecule has 1 aliphatic rings. The normalized spacial score (nSPS) is 22.0. The number of hydrogen-bond acceptors (Lipinski definition) is 7. The van der Waals surface area contributed by atoms with Gasteiger partial charge in [0.25, 0.3) is 3.79 Å². The maximum Gasteiger partial charge on any atom is 0.338 e. The number of halogens is 3. The predicted molar refractivity (Wildman–Crippen MR) is 175 cm³/mol. The van der Waals surface area contributed by atoms with E-state index in [2.05, 4.69) is 4.99 Å². The van der Waals surface area contributed by atoms with Crippen molar-refractivity contribution in [3.63, 3.8) is 0 Å². The lowest BCUT2D eigenvalue weighted by atomic mass is 9.98. The lowest BCUT2D eigenvalue weighted by molar-refractivity contribution is -0.294. The number of benzene rings is 4. The largest absolute Gasteiger partial charge is 0.453 e. The van der Waals surface area contributed by atoms with E-state index in [0.717, 1.165) is 11.1 Å². The molecule has 1 fully saturated rings. The molecule has 0 aromatic heterocycles. The minimum Gasteiger partial charge on any atom is -0.453 e. The van der Waals surface area contributed by atoms with Crippen LogP contribution in [0.5, 0.6) is 0 Å². The molecule has 5 atom stereocenters. The van der Waals surface area contributed by atoms with Crippen LogP contribution < -0.4 is 0 Å². The van der Waals surface area contributed by atoms with Crippen molar-refractivity contribution in [3.05, 3.63) is 138 Å². The molecule has 4 aromatic carbocycles. The van der Waals surface area contributed by atoms with Gasteiger partial charge in [0.05, 0.1) is 30.6 Å². The third-order valence-corrected chi connectivity index (χ3v) is 7.49. The molecule has 0 aliphatic carbocycles. The van der Waals surface area contributed by atoms with Crippen LogP contribution in [0.15, 0.2) is 126 Å². The first kappa shape index (κ1) is 32.9. The summed E-state index contributed by atoms with van der Waals surface area (Å²) in [5, 5.41) is 0. The van der Waals surface area contributed by atoms with Crippen LogP contribution in [-0.4, -0.2) is 46.4 Å². The zero-order valence-corrected chi connectivity index (χ0v) is 26.6. The molecule has 0 radical (unpaired) electrons. The highest BCUT2D eigenvalue weighted by Gasteiger charge is 2.51. The molecular weight excluding hydrogens is 637 g/mol. The zero-order valence-electron chi connectivity index (χ0n) is 24.4. The Morgan fingerprint density at radius 3 is 1.71 bits per heavy atom. The van der Waals surface area contributed by atoms with E-state index < -0.39 is 40.5 Å². The Morgan fingerprint density at radius 2 is 1.18 bits per heavy atom. The summed E-state index contributed by atoms with van der Waals surface area (Å²) in [6.45, 7) is 2.13. The Morgan fingerprint density at radius 1 is 0.689 bits per heavy atom. The van der Waals surface area contributed by atoms with Crippen LogP contribution in [0.1, 0.15) is 28.4 Å². The van der Waals surface area contributed by atoms with E-state index in [9.17, 15) is 4.79 Å². The van der Waals surface area contributed by atoms with Crippen molar-refractivity contribution in [2.75, 3.05) is 0 Å². The molecule has 7 nitrogen and oxygen atoms in total. The number of hydrogen-bond donors (Lipinski definition) is 0. The van der Waals surface area contributed by atoms with Crippen LogP contribution in [0.4, 0.5) is 5.69 Å². The molecular formula is C35H32Cl3NO6. The summed E-state index contributed by atoms with van der Waals surface area (Å²) in [6.07, 6.45) is -4.57. The fourth-order valence-corrected chi connectivity index (χ4v) is 5.04. The fourth-order valence-electron chi connectivity index (χ4n) is 4.78. The van der Waals surface area contributed by atoms with Gasteiger partial charge in [-0.25, -0.2) is 9.79 Å². The average Bonchev–Trinajstić information content (AvgIpc) is 3.05. The van der Waals surface area contributed by atoms with Crippen molar-refractivity contribution in [1.82, 2.24) is 0 Å². The Balaban J connectivity index is 1.50. The molecule has 1 saturated heterocycles. The molecule has 5 rings (SSSR count). The van der Waals surface area contributed by atoms with E-state index in [4.69, 9.17) is 58.5 Å². The van der Waals surface area contributed by atoms with Crippen LogP contribution in [0.25, 0.3) is 0 Å². The van der Waals surface area contributed by atoms with Crippen LogP contribution >= 0.6 is 34.8 Å². The number of alkyl halides is 3. The highest BCUT2D eigenvalue weighted by atomic mass is 35.6. The molecule has 0 N–H and O–H groups in total. The number of carbonyl (C=O) groups excluding carboxylic acids is 1. The van der Waals surface area contributed by atoms with Gasteiger partial charge in [0.1, 0.15) is 12.2 Å². The second kappa shape index (κ2) is 15.7. The SMILES string of the molecule is C[C@@H]1O[C@@H](OC(=Nc2ccccc2)C(Cl)(Cl)Cl)[C@@H](OCc2ccccc2)[C@H](OCc2ccccc2)[C@@H]1OC(=O)c1ccccc1. The Labute approximate surface area is 277 Å². The maximum absolute atomic E-state index is 13.3. The predicted octanol–water partition coefficient (Wildman–Crippen LogP) is 8.24. The van der Waals surface area contributed by atoms with E-state index >= 15 is 0 Å². The highest BCUT2D eigenvalue weighted by Crippen LogP contribution is 2.36. The summed E-state index contributed by atoms with van der Waals surface area (Å²) in [6, 6.07) is 36.9. The number of nitrogens with zero attached hydrogens (tertiary/aromatic N) is 1. The molecule has 234 valence electrons. The smallest absolute Gasteiger partial charge is 0.338 e. The molecule has 0 amide bonds. The third kappa shape index (κ3) is 9.30. The molecule has 0 unspecified atom stereocenters. The van der Waals surface area contributed by atoms with Gasteiger partial charge in [0, 0.05) is 0 Å². The second-order valence-electron chi connectivity index (χ2n) is 10.3. The van der Waals surface area contributed by atoms with E-state index in [1.165, 1.54) is 0 Å². The average molecular weight is 669 g/mol. The van der Waals surface area contributed by atoms with Crippen LogP contribution in [0, 0.1) is 0 Å². The quantitative estimate of drug-likeness (QED) is 0.0734. The second-order valence-corrected chi connectivity index (χ2v) is 12.6. The fraction of sp³-hybridized carbons (Fsp3) is 0.257. The van der Waals surface area contributed by atoms with Crippen molar-refractivity contribution < 1.29 is 28.5 Å². The van der Waals surface area contributed by atoms with Gasteiger partial charge in [-0.3, -0.25) is 0 Å². The molecule has 0 saturated carbocycles. The number of aliphatic imine (C=N–C) groups is 1. The van der Waals surface area contributed by atoms with Gasteiger partial charge >= 0.3 is 5.97 Å². The van der Waals surface area contributed by atoms with Crippen molar-refractivity contribution in [2.45, 2.75) is 54.6 Å². The number of esters is 1. The Hall–Kier alpha value is -3.43. The third-order valence-electron chi connectivity index (χ3n) is 7.01. The molecule has 0 spiro atoms. The minimum absolute atomic E-state index is 0.173. The van der Waals surface area contributed by atoms with Gasteiger partial charge < -0.3 is 23.7 Å². The van der Waals surface area contributed by atoms with Crippen molar-refractivity contribution in [3.8, 4) is 0 Å². The number of para-hydroxylation sites is 1. The van der Waals surface area contributed by atoms with Gasteiger partial charge in [0.2, 0.25) is 12.2 Å². The highest BCUT2D eigenvalue weighted by molar-refractivity contribution is 6.76. The van der Waals surface area contributed by atoms with E-state index in [0.29, 0.717) is 11.3 Å². The summed E-state index contributed by atoms with van der Waals surface area (Å²) >= 11 is 19.0. The van der Waals surface area contributed by atoms with Crippen LogP contribution in [0.3, 0.4) is 0 Å². The van der Waals surface area contributed by atoms with Crippen LogP contribution in [0.2, 0.25) is 0 Å². The summed E-state index contributed by atoms with van der Waals surface area (Å²) in [5.74, 6) is -0.746. The summed E-state index contributed by atoms with van der Waals surface area (Å²) in [5.41, 5.74) is 2.71. The van der Waals surface area contributed by atoms with Crippen molar-refractivity contribution >= 4 is 52.4 Å². The maximum atomic E-state index is 13.3. The molecule has 10 heteroatoms. The van der Waals surface area contributed by atoms with Gasteiger partial charge in [-0.15, -0.1) is 0 Å². The van der Waals surface area contributed by atoms with E-state index in [1.807, 2.05) is 72.8 Å².